The van der Waals surface area contributed by atoms with Crippen LogP contribution in [-0.4, -0.2) is 0 Å². The van der Waals surface area contributed by atoms with Crippen LogP contribution in [0.25, 0.3) is 0 Å². The molecule has 0 amide bonds. The topological polar surface area (TPSA) is 38.0 Å². The molecular weight excluding hydrogens is 204 g/mol. The summed E-state index contributed by atoms with van der Waals surface area (Å²) in [5.74, 6) is 5.36. The third kappa shape index (κ3) is 1.73. The fourth-order valence-corrected chi connectivity index (χ4v) is 1.51. The zero-order valence-corrected chi connectivity index (χ0v) is 7.98. The fourth-order valence-electron chi connectivity index (χ4n) is 1.05. The SMILES string of the molecule is Cc1cccc(CBr)c1NN. The Morgan fingerprint density at radius 2 is 2.27 bits per heavy atom. The summed E-state index contributed by atoms with van der Waals surface area (Å²) >= 11 is 3.39. The quantitative estimate of drug-likeness (QED) is 0.450. The van der Waals surface area contributed by atoms with Gasteiger partial charge in [0.15, 0.2) is 0 Å². The Bertz CT molecular complexity index is 248. The largest absolute Gasteiger partial charge is 0.324 e. The van der Waals surface area contributed by atoms with Crippen LogP contribution in [-0.2, 0) is 5.33 Å². The van der Waals surface area contributed by atoms with Crippen molar-refractivity contribution in [3.8, 4) is 0 Å². The lowest BCUT2D eigenvalue weighted by atomic mass is 10.1. The van der Waals surface area contributed by atoms with Gasteiger partial charge in [-0.15, -0.1) is 0 Å². The van der Waals surface area contributed by atoms with E-state index >= 15 is 0 Å². The summed E-state index contributed by atoms with van der Waals surface area (Å²) in [5.41, 5.74) is 6.06. The van der Waals surface area contributed by atoms with Gasteiger partial charge in [0.25, 0.3) is 0 Å². The number of para-hydroxylation sites is 1. The van der Waals surface area contributed by atoms with Crippen LogP contribution in [0.4, 0.5) is 5.69 Å². The Labute approximate surface area is 74.9 Å². The van der Waals surface area contributed by atoms with Gasteiger partial charge in [-0.1, -0.05) is 34.1 Å². The maximum absolute atomic E-state index is 5.36. The number of alkyl halides is 1. The highest BCUT2D eigenvalue weighted by atomic mass is 79.9. The molecule has 0 heterocycles. The Balaban J connectivity index is 3.13. The van der Waals surface area contributed by atoms with E-state index in [1.807, 2.05) is 25.1 Å². The van der Waals surface area contributed by atoms with E-state index in [-0.39, 0.29) is 0 Å². The number of nitrogens with two attached hydrogens (primary N) is 1. The summed E-state index contributed by atoms with van der Waals surface area (Å²) in [7, 11) is 0. The number of anilines is 1. The molecule has 3 heteroatoms. The predicted molar refractivity (Wildman–Crippen MR) is 51.6 cm³/mol. The molecule has 3 N–H and O–H groups in total. The monoisotopic (exact) mass is 214 g/mol. The minimum Gasteiger partial charge on any atom is -0.324 e. The van der Waals surface area contributed by atoms with Gasteiger partial charge < -0.3 is 5.43 Å². The third-order valence-corrected chi connectivity index (χ3v) is 2.25. The highest BCUT2D eigenvalue weighted by molar-refractivity contribution is 9.08. The van der Waals surface area contributed by atoms with E-state index in [2.05, 4.69) is 21.4 Å². The van der Waals surface area contributed by atoms with Crippen molar-refractivity contribution < 1.29 is 0 Å². The van der Waals surface area contributed by atoms with Crippen LogP contribution in [0.1, 0.15) is 11.1 Å². The van der Waals surface area contributed by atoms with E-state index in [1.54, 1.807) is 0 Å². The minimum atomic E-state index is 0.828. The van der Waals surface area contributed by atoms with Crippen molar-refractivity contribution in [1.82, 2.24) is 0 Å². The van der Waals surface area contributed by atoms with E-state index in [4.69, 9.17) is 5.84 Å². The number of hydrogen-bond acceptors (Lipinski definition) is 2. The first-order valence-corrected chi connectivity index (χ1v) is 4.52. The molecule has 0 aromatic heterocycles. The minimum absolute atomic E-state index is 0.828. The van der Waals surface area contributed by atoms with Crippen LogP contribution in [0.3, 0.4) is 0 Å². The van der Waals surface area contributed by atoms with Gasteiger partial charge >= 0.3 is 0 Å². The van der Waals surface area contributed by atoms with Gasteiger partial charge in [-0.3, -0.25) is 5.84 Å². The number of nitrogens with one attached hydrogen (secondary N) is 1. The lowest BCUT2D eigenvalue weighted by molar-refractivity contribution is 1.26. The molecule has 0 saturated heterocycles. The Morgan fingerprint density at radius 3 is 2.73 bits per heavy atom. The molecule has 11 heavy (non-hydrogen) atoms. The molecule has 0 bridgehead atoms. The van der Waals surface area contributed by atoms with Crippen molar-refractivity contribution in [3.63, 3.8) is 0 Å². The second-order valence-electron chi connectivity index (χ2n) is 2.39. The standard InChI is InChI=1S/C8H11BrN2/c1-6-3-2-4-7(5-9)8(6)11-10/h2-4,11H,5,10H2,1H3. The van der Waals surface area contributed by atoms with E-state index < -0.39 is 0 Å². The highest BCUT2D eigenvalue weighted by Crippen LogP contribution is 2.21. The van der Waals surface area contributed by atoms with Crippen LogP contribution >= 0.6 is 15.9 Å². The van der Waals surface area contributed by atoms with E-state index in [9.17, 15) is 0 Å². The molecule has 0 atom stereocenters. The number of halogens is 1. The number of hydrazine groups is 1. The number of aryl methyl sites for hydroxylation is 1. The molecule has 60 valence electrons. The summed E-state index contributed by atoms with van der Waals surface area (Å²) in [4.78, 5) is 0. The summed E-state index contributed by atoms with van der Waals surface area (Å²) in [6, 6.07) is 6.09. The van der Waals surface area contributed by atoms with Crippen molar-refractivity contribution in [2.75, 3.05) is 5.43 Å². The highest BCUT2D eigenvalue weighted by Gasteiger charge is 2.00. The van der Waals surface area contributed by atoms with Crippen molar-refractivity contribution in [2.24, 2.45) is 5.84 Å². The first-order chi connectivity index (χ1) is 5.29. The molecule has 0 aliphatic rings. The summed E-state index contributed by atoms with van der Waals surface area (Å²) in [5, 5.41) is 0.828. The van der Waals surface area contributed by atoms with Crippen LogP contribution in [0.2, 0.25) is 0 Å². The average molecular weight is 215 g/mol. The van der Waals surface area contributed by atoms with Crippen LogP contribution in [0.5, 0.6) is 0 Å². The zero-order chi connectivity index (χ0) is 8.27. The lowest BCUT2D eigenvalue weighted by Gasteiger charge is -2.08. The molecule has 0 radical (unpaired) electrons. The van der Waals surface area contributed by atoms with Crippen molar-refractivity contribution in [2.45, 2.75) is 12.3 Å². The van der Waals surface area contributed by atoms with E-state index in [0.29, 0.717) is 0 Å². The molecule has 1 rings (SSSR count). The van der Waals surface area contributed by atoms with Crippen LogP contribution in [0.15, 0.2) is 18.2 Å². The van der Waals surface area contributed by atoms with Gasteiger partial charge in [0.1, 0.15) is 0 Å². The molecule has 0 spiro atoms. The van der Waals surface area contributed by atoms with Gasteiger partial charge in [0.2, 0.25) is 0 Å². The normalized spacial score (nSPS) is 9.73. The Morgan fingerprint density at radius 1 is 1.55 bits per heavy atom. The smallest absolute Gasteiger partial charge is 0.0554 e. The van der Waals surface area contributed by atoms with Gasteiger partial charge in [-0.25, -0.2) is 0 Å². The molecule has 0 fully saturated rings. The van der Waals surface area contributed by atoms with Gasteiger partial charge in [-0.2, -0.15) is 0 Å². The first-order valence-electron chi connectivity index (χ1n) is 3.40. The Kier molecular flexibility index (Phi) is 2.91. The molecule has 1 aromatic carbocycles. The molecule has 2 nitrogen and oxygen atoms in total. The van der Waals surface area contributed by atoms with Crippen LogP contribution < -0.4 is 11.3 Å². The number of rotatable bonds is 2. The summed E-state index contributed by atoms with van der Waals surface area (Å²) < 4.78 is 0. The molecular formula is C8H11BrN2. The molecule has 0 aliphatic carbocycles. The van der Waals surface area contributed by atoms with Crippen molar-refractivity contribution in [1.29, 1.82) is 0 Å². The van der Waals surface area contributed by atoms with Gasteiger partial charge in [0.05, 0.1) is 5.69 Å². The van der Waals surface area contributed by atoms with Crippen LogP contribution in [0, 0.1) is 6.92 Å². The fraction of sp³-hybridized carbons (Fsp3) is 0.250. The summed E-state index contributed by atoms with van der Waals surface area (Å²) in [6.45, 7) is 2.03. The van der Waals surface area contributed by atoms with Gasteiger partial charge in [-0.05, 0) is 18.1 Å². The Hall–Kier alpha value is -0.540. The predicted octanol–water partition coefficient (Wildman–Crippen LogP) is 2.18. The second-order valence-corrected chi connectivity index (χ2v) is 2.95. The van der Waals surface area contributed by atoms with E-state index in [0.717, 1.165) is 11.0 Å². The van der Waals surface area contributed by atoms with Gasteiger partial charge in [0, 0.05) is 5.33 Å². The number of benzene rings is 1. The average Bonchev–Trinajstić information content (AvgIpc) is 2.04. The number of hydrogen-bond donors (Lipinski definition) is 2. The maximum atomic E-state index is 5.36. The van der Waals surface area contributed by atoms with E-state index in [1.165, 1.54) is 11.1 Å². The maximum Gasteiger partial charge on any atom is 0.0554 e. The zero-order valence-electron chi connectivity index (χ0n) is 6.39. The number of nitrogen functional groups attached to an aromatic ring is 1. The molecule has 0 unspecified atom stereocenters. The van der Waals surface area contributed by atoms with Crippen molar-refractivity contribution >= 4 is 21.6 Å². The summed E-state index contributed by atoms with van der Waals surface area (Å²) in [6.07, 6.45) is 0. The van der Waals surface area contributed by atoms with Crippen molar-refractivity contribution in [3.05, 3.63) is 29.3 Å². The lowest BCUT2D eigenvalue weighted by Crippen LogP contribution is -2.10. The molecule has 0 saturated carbocycles. The second kappa shape index (κ2) is 3.74. The molecule has 0 aliphatic heterocycles. The molecule has 1 aromatic rings. The first kappa shape index (κ1) is 8.56. The third-order valence-electron chi connectivity index (χ3n) is 1.65.